The summed E-state index contributed by atoms with van der Waals surface area (Å²) in [6.07, 6.45) is 22.1. The van der Waals surface area contributed by atoms with E-state index < -0.39 is 0 Å². The van der Waals surface area contributed by atoms with E-state index >= 15 is 0 Å². The lowest BCUT2D eigenvalue weighted by Gasteiger charge is -2.32. The zero-order valence-electron chi connectivity index (χ0n) is 31.4. The summed E-state index contributed by atoms with van der Waals surface area (Å²) in [4.78, 5) is 0. The monoisotopic (exact) mass is 571 g/mol. The Kier molecular flexibility index (Phi) is 33.9. The van der Waals surface area contributed by atoms with Crippen LogP contribution in [-0.2, 0) is 6.42 Å². The molecule has 0 saturated carbocycles. The van der Waals surface area contributed by atoms with Gasteiger partial charge in [-0.2, -0.15) is 0 Å². The standard InChI is InChI=1S/C14H20.C12H26.C9H14.3C2H6/c1-6-13-9-12(8-7-11(13)2)10-14(3,4)5;1-5-9-12(8-4,10-6-2)11-7-3;1-3-9-7-5-4-6-8(9)2;3*1-2/h6-9H,2,10H2,1,3-5H3;5-11H2,1-4H3;4-5,7-8H,3,6H2,1-2H3;3*1-2H3/b13-6-;;;;;. The Morgan fingerprint density at radius 3 is 1.63 bits per heavy atom. The molecular weight excluding hydrogens is 492 g/mol. The lowest BCUT2D eigenvalue weighted by Crippen LogP contribution is -2.23. The number of benzene rings is 1. The largest absolute Gasteiger partial charge is 0.0912 e. The van der Waals surface area contributed by atoms with Crippen LogP contribution in [0.4, 0.5) is 0 Å². The number of rotatable bonds is 9. The first kappa shape index (κ1) is 46.4. The van der Waals surface area contributed by atoms with E-state index in [0.29, 0.717) is 10.8 Å². The van der Waals surface area contributed by atoms with Crippen molar-refractivity contribution in [2.75, 3.05) is 0 Å². The predicted molar refractivity (Wildman–Crippen MR) is 197 cm³/mol. The molecule has 1 aromatic carbocycles. The highest BCUT2D eigenvalue weighted by molar-refractivity contribution is 5.28. The maximum Gasteiger partial charge on any atom is -0.0194 e. The molecule has 1 aliphatic rings. The molecule has 0 aromatic heterocycles. The van der Waals surface area contributed by atoms with Crippen molar-refractivity contribution in [3.8, 4) is 0 Å². The van der Waals surface area contributed by atoms with Gasteiger partial charge in [0.1, 0.15) is 0 Å². The first-order valence-corrected chi connectivity index (χ1v) is 17.6. The molecule has 0 heterocycles. The zero-order valence-corrected chi connectivity index (χ0v) is 31.4. The Balaban J connectivity index is -0.000000232. The highest BCUT2D eigenvalue weighted by Crippen LogP contribution is 2.38. The summed E-state index contributed by atoms with van der Waals surface area (Å²) < 4.78 is 0. The minimum Gasteiger partial charge on any atom is -0.0912 e. The maximum absolute atomic E-state index is 4.00. The van der Waals surface area contributed by atoms with Crippen molar-refractivity contribution < 1.29 is 0 Å². The van der Waals surface area contributed by atoms with Crippen LogP contribution in [0.5, 0.6) is 0 Å². The van der Waals surface area contributed by atoms with Crippen LogP contribution in [0.1, 0.15) is 174 Å². The Morgan fingerprint density at radius 1 is 0.829 bits per heavy atom. The van der Waals surface area contributed by atoms with E-state index in [9.17, 15) is 0 Å². The molecule has 0 heteroatoms. The van der Waals surface area contributed by atoms with E-state index in [1.165, 1.54) is 68.6 Å². The second-order valence-electron chi connectivity index (χ2n) is 11.8. The van der Waals surface area contributed by atoms with Crippen molar-refractivity contribution >= 4 is 12.7 Å². The van der Waals surface area contributed by atoms with Crippen molar-refractivity contribution in [2.45, 2.75) is 175 Å². The fraction of sp³-hybridized carbons (Fsp3) is 0.707. The highest BCUT2D eigenvalue weighted by Gasteiger charge is 2.24. The summed E-state index contributed by atoms with van der Waals surface area (Å²) in [5.74, 6) is 0.792. The Labute approximate surface area is 261 Å². The average Bonchev–Trinajstić information content (AvgIpc) is 2.98. The van der Waals surface area contributed by atoms with Crippen LogP contribution in [0.15, 0.2) is 42.0 Å². The van der Waals surface area contributed by atoms with Crippen molar-refractivity contribution in [3.63, 3.8) is 0 Å². The Bertz CT molecular complexity index is 826. The lowest BCUT2D eigenvalue weighted by molar-refractivity contribution is 0.202. The van der Waals surface area contributed by atoms with Gasteiger partial charge in [-0.1, -0.05) is 184 Å². The van der Waals surface area contributed by atoms with Crippen molar-refractivity contribution in [2.24, 2.45) is 16.7 Å². The summed E-state index contributed by atoms with van der Waals surface area (Å²) in [6, 6.07) is 6.53. The molecular formula is C41H78. The van der Waals surface area contributed by atoms with Crippen molar-refractivity contribution in [1.29, 1.82) is 0 Å². The number of allylic oxidation sites excluding steroid dienone is 4. The molecule has 242 valence electrons. The molecule has 0 saturated heterocycles. The third kappa shape index (κ3) is 23.7. The minimum atomic E-state index is 0.355. The van der Waals surface area contributed by atoms with E-state index in [2.05, 4.69) is 118 Å². The SMILES string of the molecule is C=c1ccc(CC(C)(C)C)c/c1=C/C.CC.CC.CC.CCC1=CC=CCC1C.CCCC(CC)(CCC)CCC. The topological polar surface area (TPSA) is 0 Å². The molecule has 1 unspecified atom stereocenters. The molecule has 0 radical (unpaired) electrons. The summed E-state index contributed by atoms with van der Waals surface area (Å²) in [5, 5.41) is 2.37. The van der Waals surface area contributed by atoms with Crippen LogP contribution in [-0.4, -0.2) is 0 Å². The second-order valence-corrected chi connectivity index (χ2v) is 11.8. The third-order valence-corrected chi connectivity index (χ3v) is 7.32. The van der Waals surface area contributed by atoms with Gasteiger partial charge in [0.25, 0.3) is 0 Å². The Hall–Kier alpha value is -1.56. The van der Waals surface area contributed by atoms with Gasteiger partial charge in [-0.05, 0) is 78.2 Å². The normalized spacial score (nSPS) is 14.2. The van der Waals surface area contributed by atoms with Gasteiger partial charge in [-0.3, -0.25) is 0 Å². The first-order valence-electron chi connectivity index (χ1n) is 17.6. The zero-order chi connectivity index (χ0) is 32.9. The van der Waals surface area contributed by atoms with E-state index in [1.807, 2.05) is 41.5 Å². The summed E-state index contributed by atoms with van der Waals surface area (Å²) in [7, 11) is 0. The average molecular weight is 571 g/mol. The van der Waals surface area contributed by atoms with E-state index in [1.54, 1.807) is 5.57 Å². The fourth-order valence-corrected chi connectivity index (χ4v) is 5.39. The van der Waals surface area contributed by atoms with Crippen molar-refractivity contribution in [3.05, 3.63) is 58.0 Å². The quantitative estimate of drug-likeness (QED) is 0.277. The van der Waals surface area contributed by atoms with E-state index in [0.717, 1.165) is 17.6 Å². The van der Waals surface area contributed by atoms with Crippen LogP contribution in [0.3, 0.4) is 0 Å². The summed E-state index contributed by atoms with van der Waals surface area (Å²) in [5.41, 5.74) is 4.04. The first-order chi connectivity index (χ1) is 19.5. The molecule has 0 aliphatic heterocycles. The van der Waals surface area contributed by atoms with Crippen LogP contribution in [0, 0.1) is 16.7 Å². The maximum atomic E-state index is 4.00. The molecule has 1 atom stereocenters. The molecule has 0 nitrogen and oxygen atoms in total. The molecule has 1 aliphatic carbocycles. The lowest BCUT2D eigenvalue weighted by atomic mass is 9.74. The minimum absolute atomic E-state index is 0.355. The van der Waals surface area contributed by atoms with Crippen molar-refractivity contribution in [1.82, 2.24) is 0 Å². The van der Waals surface area contributed by atoms with Crippen LogP contribution in [0.25, 0.3) is 12.7 Å². The van der Waals surface area contributed by atoms with Gasteiger partial charge in [-0.15, -0.1) is 0 Å². The molecule has 2 rings (SSSR count). The summed E-state index contributed by atoms with van der Waals surface area (Å²) >= 11 is 0. The van der Waals surface area contributed by atoms with Crippen LogP contribution >= 0.6 is 0 Å². The summed E-state index contributed by atoms with van der Waals surface area (Å²) in [6.45, 7) is 38.7. The highest BCUT2D eigenvalue weighted by atomic mass is 14.3. The number of hydrogen-bond acceptors (Lipinski definition) is 0. The van der Waals surface area contributed by atoms with Gasteiger partial charge in [0.2, 0.25) is 0 Å². The second kappa shape index (κ2) is 29.9. The van der Waals surface area contributed by atoms with Gasteiger partial charge in [0.15, 0.2) is 0 Å². The van der Waals surface area contributed by atoms with E-state index in [4.69, 9.17) is 0 Å². The molecule has 0 amide bonds. The number of hydrogen-bond donors (Lipinski definition) is 0. The predicted octanol–water partition coefficient (Wildman–Crippen LogP) is 13.3. The van der Waals surface area contributed by atoms with Gasteiger partial charge in [0.05, 0.1) is 0 Å². The molecule has 0 bridgehead atoms. The van der Waals surface area contributed by atoms with E-state index in [-0.39, 0.29) is 0 Å². The van der Waals surface area contributed by atoms with Gasteiger partial charge in [-0.25, -0.2) is 0 Å². The third-order valence-electron chi connectivity index (χ3n) is 7.32. The fourth-order valence-electron chi connectivity index (χ4n) is 5.39. The molecule has 0 spiro atoms. The smallest absolute Gasteiger partial charge is 0.0194 e. The molecule has 1 aromatic rings. The van der Waals surface area contributed by atoms with Crippen LogP contribution < -0.4 is 10.4 Å². The Morgan fingerprint density at radius 2 is 1.32 bits per heavy atom. The van der Waals surface area contributed by atoms with Gasteiger partial charge < -0.3 is 0 Å². The molecule has 0 fully saturated rings. The van der Waals surface area contributed by atoms with Gasteiger partial charge >= 0.3 is 0 Å². The molecule has 0 N–H and O–H groups in total. The molecule has 41 heavy (non-hydrogen) atoms. The van der Waals surface area contributed by atoms with Crippen LogP contribution in [0.2, 0.25) is 0 Å². The van der Waals surface area contributed by atoms with Gasteiger partial charge in [0, 0.05) is 0 Å².